The van der Waals surface area contributed by atoms with Gasteiger partial charge in [0.25, 0.3) is 5.91 Å². The van der Waals surface area contributed by atoms with Crippen LogP contribution in [-0.2, 0) is 0 Å². The Morgan fingerprint density at radius 1 is 1.65 bits per heavy atom. The number of aromatic nitrogens is 1. The van der Waals surface area contributed by atoms with Crippen LogP contribution in [0.25, 0.3) is 0 Å². The molecule has 2 N–H and O–H groups in total. The second kappa shape index (κ2) is 5.30. The summed E-state index contributed by atoms with van der Waals surface area (Å²) in [5, 5.41) is 16.4. The number of rotatable bonds is 2. The van der Waals surface area contributed by atoms with Crippen molar-refractivity contribution in [3.8, 4) is 11.8 Å². The lowest BCUT2D eigenvalue weighted by atomic mass is 10.3. The zero-order valence-corrected chi connectivity index (χ0v) is 9.45. The first-order valence-corrected chi connectivity index (χ1v) is 5.57. The van der Waals surface area contributed by atoms with E-state index in [0.29, 0.717) is 11.4 Å². The van der Waals surface area contributed by atoms with Gasteiger partial charge in [-0.05, 0) is 6.07 Å². The highest BCUT2D eigenvalue weighted by Gasteiger charge is 2.09. The maximum atomic E-state index is 11.7. The molecule has 5 nitrogen and oxygen atoms in total. The Labute approximate surface area is 101 Å². The van der Waals surface area contributed by atoms with E-state index in [2.05, 4.69) is 26.8 Å². The minimum absolute atomic E-state index is 0.196. The fraction of sp³-hybridized carbons (Fsp3) is 0.0909. The van der Waals surface area contributed by atoms with Crippen molar-refractivity contribution in [2.24, 2.45) is 0 Å². The van der Waals surface area contributed by atoms with Crippen LogP contribution in [0.1, 0.15) is 15.2 Å². The van der Waals surface area contributed by atoms with Crippen LogP contribution in [0.15, 0.2) is 28.3 Å². The molecule has 2 heterocycles. The predicted octanol–water partition coefficient (Wildman–Crippen LogP) is 1.33. The van der Waals surface area contributed by atoms with Crippen molar-refractivity contribution in [2.45, 2.75) is 0 Å². The molecule has 2 aromatic rings. The molecule has 2 aromatic heterocycles. The molecule has 6 heteroatoms. The first-order valence-electron chi connectivity index (χ1n) is 4.69. The zero-order chi connectivity index (χ0) is 12.1. The zero-order valence-electron chi connectivity index (χ0n) is 8.64. The fourth-order valence-corrected chi connectivity index (χ4v) is 1.87. The summed E-state index contributed by atoms with van der Waals surface area (Å²) in [6.45, 7) is -0.196. The second-order valence-electron chi connectivity index (χ2n) is 3.00. The van der Waals surface area contributed by atoms with Gasteiger partial charge >= 0.3 is 0 Å². The Bertz CT molecular complexity index is 563. The highest BCUT2D eigenvalue weighted by atomic mass is 32.1. The number of anilines is 1. The molecule has 0 saturated carbocycles. The number of aliphatic hydroxyl groups excluding tert-OH is 1. The van der Waals surface area contributed by atoms with Crippen molar-refractivity contribution >= 4 is 23.1 Å². The van der Waals surface area contributed by atoms with Gasteiger partial charge in [0.15, 0.2) is 5.82 Å². The molecule has 2 rings (SSSR count). The van der Waals surface area contributed by atoms with E-state index >= 15 is 0 Å². The molecule has 1 amide bonds. The minimum Gasteiger partial charge on any atom is -0.384 e. The summed E-state index contributed by atoms with van der Waals surface area (Å²) in [5.41, 5.74) is 0.500. The molecular weight excluding hydrogens is 240 g/mol. The van der Waals surface area contributed by atoms with Crippen molar-refractivity contribution in [1.29, 1.82) is 0 Å². The molecule has 0 unspecified atom stereocenters. The standard InChI is InChI=1S/C11H8N2O3S/c14-4-1-2-9-6-8(7-17-9)11(15)12-10-3-5-16-13-10/h3,5-7,14H,4H2,(H,12,13,15). The molecule has 0 radical (unpaired) electrons. The lowest BCUT2D eigenvalue weighted by Gasteiger charge is -1.96. The summed E-state index contributed by atoms with van der Waals surface area (Å²) >= 11 is 1.34. The lowest BCUT2D eigenvalue weighted by Crippen LogP contribution is -2.10. The topological polar surface area (TPSA) is 75.4 Å². The van der Waals surface area contributed by atoms with Gasteiger partial charge in [0.1, 0.15) is 12.9 Å². The van der Waals surface area contributed by atoms with Crippen LogP contribution in [-0.4, -0.2) is 22.8 Å². The number of hydrogen-bond acceptors (Lipinski definition) is 5. The Morgan fingerprint density at radius 3 is 3.24 bits per heavy atom. The number of carbonyl (C=O) groups is 1. The highest BCUT2D eigenvalue weighted by Crippen LogP contribution is 2.15. The fourth-order valence-electron chi connectivity index (χ4n) is 1.11. The largest absolute Gasteiger partial charge is 0.384 e. The first kappa shape index (κ1) is 11.4. The number of amides is 1. The number of carbonyl (C=O) groups excluding carboxylic acids is 1. The average Bonchev–Trinajstić information content (AvgIpc) is 2.96. The predicted molar refractivity (Wildman–Crippen MR) is 62.7 cm³/mol. The van der Waals surface area contributed by atoms with E-state index in [4.69, 9.17) is 5.11 Å². The van der Waals surface area contributed by atoms with Crippen molar-refractivity contribution in [1.82, 2.24) is 5.16 Å². The second-order valence-corrected chi connectivity index (χ2v) is 3.91. The van der Waals surface area contributed by atoms with Crippen molar-refractivity contribution in [3.63, 3.8) is 0 Å². The Morgan fingerprint density at radius 2 is 2.53 bits per heavy atom. The van der Waals surface area contributed by atoms with Crippen LogP contribution < -0.4 is 5.32 Å². The van der Waals surface area contributed by atoms with Gasteiger partial charge in [-0.1, -0.05) is 17.0 Å². The average molecular weight is 248 g/mol. The number of nitrogens with one attached hydrogen (secondary N) is 1. The number of aliphatic hydroxyl groups is 1. The minimum atomic E-state index is -0.271. The van der Waals surface area contributed by atoms with E-state index in [-0.39, 0.29) is 12.5 Å². The summed E-state index contributed by atoms with van der Waals surface area (Å²) in [5.74, 6) is 5.35. The van der Waals surface area contributed by atoms with E-state index in [9.17, 15) is 4.79 Å². The molecule has 0 spiro atoms. The molecule has 0 fully saturated rings. The molecule has 86 valence electrons. The molecule has 0 atom stereocenters. The van der Waals surface area contributed by atoms with Gasteiger partial charge < -0.3 is 14.9 Å². The summed E-state index contributed by atoms with van der Waals surface area (Å²) in [6, 6.07) is 3.21. The normalized spacial score (nSPS) is 9.47. The number of hydrogen-bond donors (Lipinski definition) is 2. The van der Waals surface area contributed by atoms with E-state index in [1.165, 1.54) is 17.6 Å². The third-order valence-electron chi connectivity index (χ3n) is 1.83. The van der Waals surface area contributed by atoms with Gasteiger partial charge in [-0.15, -0.1) is 11.3 Å². The molecular formula is C11H8N2O3S. The Balaban J connectivity index is 2.07. The van der Waals surface area contributed by atoms with E-state index in [1.807, 2.05) is 0 Å². The summed E-state index contributed by atoms with van der Waals surface area (Å²) in [4.78, 5) is 12.4. The van der Waals surface area contributed by atoms with Gasteiger partial charge in [-0.2, -0.15) is 0 Å². The molecule has 0 aliphatic heterocycles. The third kappa shape index (κ3) is 2.93. The SMILES string of the molecule is O=C(Nc1ccon1)c1csc(C#CCO)c1. The Hall–Kier alpha value is -2.10. The molecule has 17 heavy (non-hydrogen) atoms. The van der Waals surface area contributed by atoms with Crippen LogP contribution in [0.2, 0.25) is 0 Å². The van der Waals surface area contributed by atoms with Crippen LogP contribution >= 0.6 is 11.3 Å². The van der Waals surface area contributed by atoms with Crippen LogP contribution in [0.3, 0.4) is 0 Å². The van der Waals surface area contributed by atoms with Gasteiger partial charge in [-0.3, -0.25) is 4.79 Å². The van der Waals surface area contributed by atoms with Crippen LogP contribution in [0, 0.1) is 11.8 Å². The third-order valence-corrected chi connectivity index (χ3v) is 2.68. The summed E-state index contributed by atoms with van der Waals surface area (Å²) < 4.78 is 4.60. The summed E-state index contributed by atoms with van der Waals surface area (Å²) in [6.07, 6.45) is 1.38. The van der Waals surface area contributed by atoms with Crippen LogP contribution in [0.5, 0.6) is 0 Å². The van der Waals surface area contributed by atoms with Gasteiger partial charge in [0, 0.05) is 11.4 Å². The van der Waals surface area contributed by atoms with Gasteiger partial charge in [0.05, 0.1) is 10.4 Å². The number of nitrogens with zero attached hydrogens (tertiary/aromatic N) is 1. The molecule has 0 aliphatic carbocycles. The molecule has 0 aliphatic rings. The van der Waals surface area contributed by atoms with E-state index in [0.717, 1.165) is 4.88 Å². The van der Waals surface area contributed by atoms with Crippen molar-refractivity contribution in [2.75, 3.05) is 11.9 Å². The summed E-state index contributed by atoms with van der Waals surface area (Å²) in [7, 11) is 0. The first-order chi connectivity index (χ1) is 8.29. The lowest BCUT2D eigenvalue weighted by molar-refractivity contribution is 0.102. The van der Waals surface area contributed by atoms with Gasteiger partial charge in [-0.25, -0.2) is 0 Å². The molecule has 0 saturated heterocycles. The van der Waals surface area contributed by atoms with E-state index in [1.54, 1.807) is 17.5 Å². The highest BCUT2D eigenvalue weighted by molar-refractivity contribution is 7.10. The van der Waals surface area contributed by atoms with E-state index < -0.39 is 0 Å². The monoisotopic (exact) mass is 248 g/mol. The van der Waals surface area contributed by atoms with Crippen molar-refractivity contribution in [3.05, 3.63) is 34.2 Å². The Kier molecular flexibility index (Phi) is 3.55. The molecule has 0 aromatic carbocycles. The quantitative estimate of drug-likeness (QED) is 0.786. The maximum Gasteiger partial charge on any atom is 0.257 e. The van der Waals surface area contributed by atoms with Gasteiger partial charge in [0.2, 0.25) is 0 Å². The smallest absolute Gasteiger partial charge is 0.257 e. The van der Waals surface area contributed by atoms with Crippen LogP contribution in [0.4, 0.5) is 5.82 Å². The van der Waals surface area contributed by atoms with Crippen molar-refractivity contribution < 1.29 is 14.4 Å². The maximum absolute atomic E-state index is 11.7. The molecule has 0 bridgehead atoms. The number of thiophene rings is 1.